The van der Waals surface area contributed by atoms with Gasteiger partial charge in [0, 0.05) is 37.6 Å². The molecule has 2 aromatic rings. The molecular formula is C12H15N5O. The lowest BCUT2D eigenvalue weighted by molar-refractivity contribution is 0.679. The Kier molecular flexibility index (Phi) is 2.71. The van der Waals surface area contributed by atoms with Crippen molar-refractivity contribution in [2.45, 2.75) is 25.4 Å². The molecule has 2 N–H and O–H groups in total. The van der Waals surface area contributed by atoms with E-state index in [1.165, 1.54) is 12.8 Å². The summed E-state index contributed by atoms with van der Waals surface area (Å²) in [6.45, 7) is 0.584. The van der Waals surface area contributed by atoms with Crippen molar-refractivity contribution in [3.05, 3.63) is 34.5 Å². The first-order chi connectivity index (χ1) is 8.72. The average molecular weight is 245 g/mol. The first-order valence-corrected chi connectivity index (χ1v) is 6.03. The number of aromatic nitrogens is 4. The highest BCUT2D eigenvalue weighted by atomic mass is 16.1. The molecule has 0 aromatic carbocycles. The standard InChI is InChI=1S/C12H15N5O/c1-17-7-9(6-15-17)11-14-5-8(12(18)16-11)4-13-10-2-3-10/h5-7,10,13H,2-4H2,1H3,(H,14,16,18). The molecule has 94 valence electrons. The molecule has 0 saturated heterocycles. The lowest BCUT2D eigenvalue weighted by Gasteiger charge is -2.02. The molecule has 0 bridgehead atoms. The topological polar surface area (TPSA) is 75.6 Å². The van der Waals surface area contributed by atoms with Crippen molar-refractivity contribution in [2.75, 3.05) is 0 Å². The van der Waals surface area contributed by atoms with E-state index in [-0.39, 0.29) is 5.56 Å². The molecule has 1 saturated carbocycles. The molecule has 0 amide bonds. The van der Waals surface area contributed by atoms with Crippen LogP contribution in [0.25, 0.3) is 11.4 Å². The van der Waals surface area contributed by atoms with Crippen LogP contribution in [0.15, 0.2) is 23.4 Å². The normalized spacial score (nSPS) is 14.9. The van der Waals surface area contributed by atoms with Gasteiger partial charge in [-0.3, -0.25) is 9.48 Å². The quantitative estimate of drug-likeness (QED) is 0.818. The van der Waals surface area contributed by atoms with Crippen LogP contribution in [-0.4, -0.2) is 25.8 Å². The van der Waals surface area contributed by atoms with Gasteiger partial charge in [0.1, 0.15) is 5.82 Å². The first-order valence-electron chi connectivity index (χ1n) is 6.03. The zero-order valence-electron chi connectivity index (χ0n) is 10.2. The van der Waals surface area contributed by atoms with Crippen molar-refractivity contribution >= 4 is 0 Å². The van der Waals surface area contributed by atoms with Crippen molar-refractivity contribution in [3.8, 4) is 11.4 Å². The van der Waals surface area contributed by atoms with Gasteiger partial charge in [-0.15, -0.1) is 0 Å². The molecule has 1 fully saturated rings. The molecule has 6 nitrogen and oxygen atoms in total. The maximum absolute atomic E-state index is 11.9. The van der Waals surface area contributed by atoms with E-state index in [0.29, 0.717) is 24.0 Å². The Morgan fingerprint density at radius 3 is 2.94 bits per heavy atom. The molecule has 3 rings (SSSR count). The average Bonchev–Trinajstić information content (AvgIpc) is 3.08. The van der Waals surface area contributed by atoms with Gasteiger partial charge in [0.15, 0.2) is 0 Å². The molecule has 1 aliphatic rings. The van der Waals surface area contributed by atoms with Crippen LogP contribution in [0.1, 0.15) is 18.4 Å². The number of aryl methyl sites for hydroxylation is 1. The number of hydrogen-bond donors (Lipinski definition) is 2. The molecule has 0 spiro atoms. The summed E-state index contributed by atoms with van der Waals surface area (Å²) in [5.74, 6) is 0.559. The summed E-state index contributed by atoms with van der Waals surface area (Å²) in [6.07, 6.45) is 7.55. The SMILES string of the molecule is Cn1cc(-c2ncc(CNC3CC3)c(=O)[nH]2)cn1. The zero-order valence-corrected chi connectivity index (χ0v) is 10.2. The summed E-state index contributed by atoms with van der Waals surface area (Å²) in [6, 6.07) is 0.586. The van der Waals surface area contributed by atoms with E-state index in [1.807, 2.05) is 13.2 Å². The van der Waals surface area contributed by atoms with E-state index in [9.17, 15) is 4.79 Å². The second-order valence-corrected chi connectivity index (χ2v) is 4.64. The molecule has 6 heteroatoms. The van der Waals surface area contributed by atoms with Gasteiger partial charge in [-0.1, -0.05) is 0 Å². The van der Waals surface area contributed by atoms with Gasteiger partial charge in [0.2, 0.25) is 0 Å². The summed E-state index contributed by atoms with van der Waals surface area (Å²) < 4.78 is 1.68. The third-order valence-electron chi connectivity index (χ3n) is 3.01. The van der Waals surface area contributed by atoms with E-state index in [2.05, 4.69) is 20.4 Å². The van der Waals surface area contributed by atoms with Crippen LogP contribution in [0.3, 0.4) is 0 Å². The van der Waals surface area contributed by atoms with Crippen LogP contribution >= 0.6 is 0 Å². The molecule has 0 aliphatic heterocycles. The lowest BCUT2D eigenvalue weighted by Crippen LogP contribution is -2.23. The molecule has 0 atom stereocenters. The monoisotopic (exact) mass is 245 g/mol. The number of H-pyrrole nitrogens is 1. The van der Waals surface area contributed by atoms with E-state index in [1.54, 1.807) is 17.1 Å². The molecule has 2 heterocycles. The first kappa shape index (κ1) is 11.2. The van der Waals surface area contributed by atoms with Gasteiger partial charge in [-0.05, 0) is 12.8 Å². The highest BCUT2D eigenvalue weighted by Gasteiger charge is 2.20. The predicted molar refractivity (Wildman–Crippen MR) is 66.9 cm³/mol. The van der Waals surface area contributed by atoms with Crippen molar-refractivity contribution in [2.24, 2.45) is 7.05 Å². The molecule has 0 radical (unpaired) electrons. The minimum Gasteiger partial charge on any atom is -0.310 e. The Bertz CT molecular complexity index is 611. The number of aromatic amines is 1. The summed E-state index contributed by atoms with van der Waals surface area (Å²) in [5, 5.41) is 7.36. The minimum atomic E-state index is -0.0861. The second-order valence-electron chi connectivity index (χ2n) is 4.64. The summed E-state index contributed by atoms with van der Waals surface area (Å²) in [5.41, 5.74) is 1.41. The fourth-order valence-corrected chi connectivity index (χ4v) is 1.78. The number of nitrogens with zero attached hydrogens (tertiary/aromatic N) is 3. The van der Waals surface area contributed by atoms with E-state index in [4.69, 9.17) is 0 Å². The van der Waals surface area contributed by atoms with Crippen LogP contribution in [0.4, 0.5) is 0 Å². The third-order valence-corrected chi connectivity index (χ3v) is 3.01. The number of rotatable bonds is 4. The van der Waals surface area contributed by atoms with Crippen LogP contribution in [-0.2, 0) is 13.6 Å². The van der Waals surface area contributed by atoms with Crippen molar-refractivity contribution in [3.63, 3.8) is 0 Å². The molecule has 18 heavy (non-hydrogen) atoms. The smallest absolute Gasteiger partial charge is 0.255 e. The maximum Gasteiger partial charge on any atom is 0.255 e. The Morgan fingerprint density at radius 1 is 1.50 bits per heavy atom. The van der Waals surface area contributed by atoms with Gasteiger partial charge < -0.3 is 10.3 Å². The van der Waals surface area contributed by atoms with Crippen LogP contribution in [0.2, 0.25) is 0 Å². The fourth-order valence-electron chi connectivity index (χ4n) is 1.78. The van der Waals surface area contributed by atoms with E-state index < -0.39 is 0 Å². The van der Waals surface area contributed by atoms with E-state index in [0.717, 1.165) is 5.56 Å². The Labute approximate surface area is 104 Å². The second kappa shape index (κ2) is 4.38. The van der Waals surface area contributed by atoms with Crippen LogP contribution < -0.4 is 10.9 Å². The van der Waals surface area contributed by atoms with Crippen LogP contribution in [0.5, 0.6) is 0 Å². The van der Waals surface area contributed by atoms with Gasteiger partial charge >= 0.3 is 0 Å². The Morgan fingerprint density at radius 2 is 2.33 bits per heavy atom. The summed E-state index contributed by atoms with van der Waals surface area (Å²) in [7, 11) is 1.83. The molecule has 2 aromatic heterocycles. The van der Waals surface area contributed by atoms with Gasteiger partial charge in [0.05, 0.1) is 11.8 Å². The molecule has 1 aliphatic carbocycles. The van der Waals surface area contributed by atoms with Crippen molar-refractivity contribution in [1.29, 1.82) is 0 Å². The van der Waals surface area contributed by atoms with Gasteiger partial charge in [-0.25, -0.2) is 4.98 Å². The summed E-state index contributed by atoms with van der Waals surface area (Å²) >= 11 is 0. The predicted octanol–water partition coefficient (Wildman–Crippen LogP) is 0.422. The highest BCUT2D eigenvalue weighted by Crippen LogP contribution is 2.18. The van der Waals surface area contributed by atoms with Crippen molar-refractivity contribution in [1.82, 2.24) is 25.1 Å². The Balaban J connectivity index is 1.81. The third kappa shape index (κ3) is 2.33. The van der Waals surface area contributed by atoms with Crippen molar-refractivity contribution < 1.29 is 0 Å². The Hall–Kier alpha value is -1.95. The zero-order chi connectivity index (χ0) is 12.5. The molecule has 0 unspecified atom stereocenters. The largest absolute Gasteiger partial charge is 0.310 e. The summed E-state index contributed by atoms with van der Waals surface area (Å²) in [4.78, 5) is 19.0. The van der Waals surface area contributed by atoms with Crippen LogP contribution in [0, 0.1) is 0 Å². The lowest BCUT2D eigenvalue weighted by atomic mass is 10.3. The highest BCUT2D eigenvalue weighted by molar-refractivity contribution is 5.51. The number of nitrogens with one attached hydrogen (secondary N) is 2. The minimum absolute atomic E-state index is 0.0861. The van der Waals surface area contributed by atoms with E-state index >= 15 is 0 Å². The molecular weight excluding hydrogens is 230 g/mol. The van der Waals surface area contributed by atoms with Gasteiger partial charge in [-0.2, -0.15) is 5.10 Å². The van der Waals surface area contributed by atoms with Gasteiger partial charge in [0.25, 0.3) is 5.56 Å². The fraction of sp³-hybridized carbons (Fsp3) is 0.417. The maximum atomic E-state index is 11.9. The number of hydrogen-bond acceptors (Lipinski definition) is 4.